The van der Waals surface area contributed by atoms with Crippen molar-refractivity contribution in [3.05, 3.63) is 36.5 Å². The number of aliphatic hydroxyl groups excluding tert-OH is 1. The van der Waals surface area contributed by atoms with Crippen LogP contribution in [0.2, 0.25) is 0 Å². The van der Waals surface area contributed by atoms with Crippen molar-refractivity contribution in [3.63, 3.8) is 0 Å². The summed E-state index contributed by atoms with van der Waals surface area (Å²) in [5.74, 6) is -1.01. The minimum Gasteiger partial charge on any atom is -0.387 e. The molecule has 0 fully saturated rings. The molecule has 1 amide bonds. The average Bonchev–Trinajstić information content (AvgIpc) is 2.94. The lowest BCUT2D eigenvalue weighted by molar-refractivity contribution is -0.122. The van der Waals surface area contributed by atoms with Crippen molar-refractivity contribution in [1.82, 2.24) is 5.32 Å². The fraction of sp³-hybridized carbons (Fsp3) is 0.800. The molecule has 0 heterocycles. The Bertz CT molecular complexity index is 806. The predicted molar refractivity (Wildman–Crippen MR) is 179 cm³/mol. The summed E-state index contributed by atoms with van der Waals surface area (Å²) < 4.78 is 32.3. The summed E-state index contributed by atoms with van der Waals surface area (Å²) in [4.78, 5) is 12.4. The quantitative estimate of drug-likeness (QED) is 0.0426. The highest BCUT2D eigenvalue weighted by atomic mass is 32.2. The molecular weight excluding hydrogens is 546 g/mol. The van der Waals surface area contributed by atoms with Gasteiger partial charge < -0.3 is 10.4 Å². The van der Waals surface area contributed by atoms with Crippen molar-refractivity contribution in [2.75, 3.05) is 5.75 Å². The molecule has 0 aromatic carbocycles. The van der Waals surface area contributed by atoms with Gasteiger partial charge in [0.2, 0.25) is 5.91 Å². The van der Waals surface area contributed by atoms with Crippen LogP contribution < -0.4 is 5.32 Å². The highest BCUT2D eigenvalue weighted by molar-refractivity contribution is 7.85. The molecule has 0 rings (SSSR count). The summed E-state index contributed by atoms with van der Waals surface area (Å²) in [5, 5.41) is 13.1. The summed E-state index contributed by atoms with van der Waals surface area (Å²) in [7, 11) is -4.35. The Kier molecular flexibility index (Phi) is 28.6. The van der Waals surface area contributed by atoms with Crippen LogP contribution in [0.1, 0.15) is 162 Å². The van der Waals surface area contributed by atoms with Crippen LogP contribution in [-0.4, -0.2) is 41.9 Å². The molecule has 0 aliphatic carbocycles. The van der Waals surface area contributed by atoms with E-state index in [0.29, 0.717) is 6.42 Å². The van der Waals surface area contributed by atoms with E-state index in [2.05, 4.69) is 43.5 Å². The van der Waals surface area contributed by atoms with Crippen molar-refractivity contribution in [3.8, 4) is 0 Å². The van der Waals surface area contributed by atoms with E-state index in [1.165, 1.54) is 96.0 Å². The van der Waals surface area contributed by atoms with E-state index < -0.39 is 28.0 Å². The SMILES string of the molecule is CCCCCC/C=C/CC/C=C/CC/C=C/C(O)C(CS(=O)(=O)O)NC(=O)CCCCCCCCCCCCCCC. The Morgan fingerprint density at radius 3 is 1.50 bits per heavy atom. The first-order valence-electron chi connectivity index (χ1n) is 17.2. The Balaban J connectivity index is 4.11. The van der Waals surface area contributed by atoms with Crippen LogP contribution in [0.25, 0.3) is 0 Å². The molecule has 0 saturated carbocycles. The smallest absolute Gasteiger partial charge is 0.267 e. The molecule has 0 saturated heterocycles. The third kappa shape index (κ3) is 30.0. The fourth-order valence-corrected chi connectivity index (χ4v) is 5.68. The molecule has 42 heavy (non-hydrogen) atoms. The lowest BCUT2D eigenvalue weighted by atomic mass is 10.0. The van der Waals surface area contributed by atoms with Crippen LogP contribution in [0.3, 0.4) is 0 Å². The molecule has 0 aliphatic rings. The molecule has 0 aromatic heterocycles. The van der Waals surface area contributed by atoms with Crippen LogP contribution in [0.5, 0.6) is 0 Å². The third-order valence-corrected chi connectivity index (χ3v) is 8.33. The summed E-state index contributed by atoms with van der Waals surface area (Å²) in [6.45, 7) is 4.47. The number of carbonyl (C=O) groups is 1. The molecule has 6 nitrogen and oxygen atoms in total. The van der Waals surface area contributed by atoms with Crippen LogP contribution in [0.4, 0.5) is 0 Å². The molecule has 0 aliphatic heterocycles. The largest absolute Gasteiger partial charge is 0.387 e. The molecule has 2 atom stereocenters. The molecule has 246 valence electrons. The lowest BCUT2D eigenvalue weighted by Gasteiger charge is -2.21. The topological polar surface area (TPSA) is 104 Å². The van der Waals surface area contributed by atoms with Crippen molar-refractivity contribution in [2.45, 2.75) is 174 Å². The number of nitrogens with one attached hydrogen (secondary N) is 1. The number of aliphatic hydroxyl groups is 1. The number of hydrogen-bond donors (Lipinski definition) is 3. The number of unbranched alkanes of at least 4 members (excludes halogenated alkanes) is 18. The van der Waals surface area contributed by atoms with Crippen LogP contribution >= 0.6 is 0 Å². The lowest BCUT2D eigenvalue weighted by Crippen LogP contribution is -2.46. The monoisotopic (exact) mass is 611 g/mol. The summed E-state index contributed by atoms with van der Waals surface area (Å²) in [6.07, 6.45) is 36.9. The second kappa shape index (κ2) is 29.6. The van der Waals surface area contributed by atoms with Gasteiger partial charge in [0.05, 0.1) is 17.9 Å². The molecule has 0 radical (unpaired) electrons. The maximum atomic E-state index is 12.4. The molecule has 7 heteroatoms. The van der Waals surface area contributed by atoms with Gasteiger partial charge in [-0.15, -0.1) is 0 Å². The highest BCUT2D eigenvalue weighted by Gasteiger charge is 2.24. The van der Waals surface area contributed by atoms with Crippen LogP contribution in [-0.2, 0) is 14.9 Å². The van der Waals surface area contributed by atoms with Crippen molar-refractivity contribution in [1.29, 1.82) is 0 Å². The van der Waals surface area contributed by atoms with E-state index in [1.807, 2.05) is 0 Å². The minimum atomic E-state index is -4.35. The Morgan fingerprint density at radius 2 is 1.02 bits per heavy atom. The Labute approximate surface area is 259 Å². The van der Waals surface area contributed by atoms with E-state index in [4.69, 9.17) is 0 Å². The first-order valence-corrected chi connectivity index (χ1v) is 18.8. The normalized spacial score (nSPS) is 13.9. The van der Waals surface area contributed by atoms with Crippen molar-refractivity contribution in [2.24, 2.45) is 0 Å². The van der Waals surface area contributed by atoms with E-state index in [-0.39, 0.29) is 12.3 Å². The van der Waals surface area contributed by atoms with Gasteiger partial charge in [-0.2, -0.15) is 8.42 Å². The van der Waals surface area contributed by atoms with Gasteiger partial charge in [-0.1, -0.05) is 147 Å². The summed E-state index contributed by atoms with van der Waals surface area (Å²) in [6, 6.07) is -1.07. The maximum absolute atomic E-state index is 12.4. The zero-order chi connectivity index (χ0) is 31.2. The summed E-state index contributed by atoms with van der Waals surface area (Å²) >= 11 is 0. The van der Waals surface area contributed by atoms with Crippen LogP contribution in [0, 0.1) is 0 Å². The van der Waals surface area contributed by atoms with Gasteiger partial charge in [0.25, 0.3) is 10.1 Å². The third-order valence-electron chi connectivity index (χ3n) is 7.55. The number of carbonyl (C=O) groups excluding carboxylic acids is 1. The van der Waals surface area contributed by atoms with Gasteiger partial charge in [0.1, 0.15) is 0 Å². The van der Waals surface area contributed by atoms with E-state index >= 15 is 0 Å². The predicted octanol–water partition coefficient (Wildman–Crippen LogP) is 9.40. The molecule has 0 spiro atoms. The molecule has 0 bridgehead atoms. The van der Waals surface area contributed by atoms with Gasteiger partial charge >= 0.3 is 0 Å². The van der Waals surface area contributed by atoms with Crippen molar-refractivity contribution >= 4 is 16.0 Å². The summed E-state index contributed by atoms with van der Waals surface area (Å²) in [5.41, 5.74) is 0. The van der Waals surface area contributed by atoms with Gasteiger partial charge in [0, 0.05) is 6.42 Å². The minimum absolute atomic E-state index is 0.287. The van der Waals surface area contributed by atoms with Crippen molar-refractivity contribution < 1.29 is 22.9 Å². The second-order valence-corrected chi connectivity index (χ2v) is 13.3. The van der Waals surface area contributed by atoms with Gasteiger partial charge in [-0.3, -0.25) is 9.35 Å². The zero-order valence-corrected chi connectivity index (χ0v) is 27.9. The van der Waals surface area contributed by atoms with Gasteiger partial charge in [-0.05, 0) is 44.9 Å². The molecule has 0 aromatic rings. The molecule has 3 N–H and O–H groups in total. The molecule has 2 unspecified atom stereocenters. The van der Waals surface area contributed by atoms with Crippen LogP contribution in [0.15, 0.2) is 36.5 Å². The maximum Gasteiger partial charge on any atom is 0.267 e. The van der Waals surface area contributed by atoms with E-state index in [1.54, 1.807) is 6.08 Å². The first kappa shape index (κ1) is 40.6. The number of hydrogen-bond acceptors (Lipinski definition) is 4. The van der Waals surface area contributed by atoms with Gasteiger partial charge in [0.15, 0.2) is 0 Å². The standard InChI is InChI=1S/C35H65NO5S/c1-3-5-7-9-11-13-15-17-19-20-22-24-26-28-30-34(37)33(32-42(39,40)41)36-35(38)31-29-27-25-23-21-18-16-14-12-10-8-6-4-2/h13,15,20,22,28,30,33-34,37H,3-12,14,16-19,21,23-27,29,31-32H2,1-2H3,(H,36,38)(H,39,40,41)/b15-13+,22-20+,30-28+. The average molecular weight is 612 g/mol. The van der Waals surface area contributed by atoms with Gasteiger partial charge in [-0.25, -0.2) is 0 Å². The fourth-order valence-electron chi connectivity index (χ4n) is 4.95. The second-order valence-electron chi connectivity index (χ2n) is 11.8. The first-order chi connectivity index (χ1) is 20.3. The highest BCUT2D eigenvalue weighted by Crippen LogP contribution is 2.13. The number of amides is 1. The van der Waals surface area contributed by atoms with E-state index in [0.717, 1.165) is 44.9 Å². The Hall–Kier alpha value is -1.44. The van der Waals surface area contributed by atoms with E-state index in [9.17, 15) is 22.9 Å². The Morgan fingerprint density at radius 1 is 0.619 bits per heavy atom. The number of rotatable bonds is 30. The molecular formula is C35H65NO5S. The zero-order valence-electron chi connectivity index (χ0n) is 27.1. The number of allylic oxidation sites excluding steroid dienone is 5.